The number of aromatic nitrogens is 2. The number of rotatable bonds is 8. The van der Waals surface area contributed by atoms with Crippen molar-refractivity contribution in [3.63, 3.8) is 0 Å². The van der Waals surface area contributed by atoms with Crippen LogP contribution >= 0.6 is 0 Å². The Balaban J connectivity index is 1.28. The lowest BCUT2D eigenvalue weighted by molar-refractivity contribution is -0.138. The van der Waals surface area contributed by atoms with E-state index in [0.717, 1.165) is 47.7 Å². The van der Waals surface area contributed by atoms with Gasteiger partial charge in [0.15, 0.2) is 0 Å². The molecule has 2 N–H and O–H groups in total. The fourth-order valence-corrected chi connectivity index (χ4v) is 5.39. The van der Waals surface area contributed by atoms with E-state index in [0.29, 0.717) is 35.8 Å². The molecule has 2 aromatic carbocycles. The van der Waals surface area contributed by atoms with Gasteiger partial charge in [0.05, 0.1) is 12.7 Å². The van der Waals surface area contributed by atoms with Gasteiger partial charge in [-0.05, 0) is 91.2 Å². The number of likely N-dealkylation sites (tertiary alicyclic amines) is 1. The van der Waals surface area contributed by atoms with Crippen molar-refractivity contribution < 1.29 is 27.5 Å². The Morgan fingerprint density at radius 1 is 1.10 bits per heavy atom. The molecule has 1 aliphatic heterocycles. The van der Waals surface area contributed by atoms with Crippen LogP contribution in [0.5, 0.6) is 0 Å². The van der Waals surface area contributed by atoms with E-state index in [1.54, 1.807) is 12.3 Å². The Hall–Kier alpha value is -4.18. The molecule has 0 bridgehead atoms. The van der Waals surface area contributed by atoms with E-state index in [2.05, 4.69) is 22.2 Å². The Morgan fingerprint density at radius 2 is 1.88 bits per heavy atom. The summed E-state index contributed by atoms with van der Waals surface area (Å²) in [5.41, 5.74) is 3.55. The summed E-state index contributed by atoms with van der Waals surface area (Å²) in [5, 5.41) is 3.60. The molecule has 2 aromatic heterocycles. The standard InChI is InChI=1S/C32H33F3N4O3/c1-19-10-11-39(17-19)18-24-9-8-23(14-26(24)32(33,34)35)30(40)38-27-13-21(5-4-20(27)2)6-7-22-12-25-15-28(31(41)42-3)37-29(25)36-16-22/h4-5,8-9,12-16,19H,6-7,10-11,17-18H2,1-3H3,(H,36,37)(H,38,40). The average Bonchev–Trinajstić information content (AvgIpc) is 3.57. The Kier molecular flexibility index (Phi) is 8.36. The van der Waals surface area contributed by atoms with Crippen LogP contribution in [0.25, 0.3) is 11.0 Å². The van der Waals surface area contributed by atoms with Crippen molar-refractivity contribution in [3.05, 3.63) is 93.8 Å². The van der Waals surface area contributed by atoms with Gasteiger partial charge in [-0.15, -0.1) is 0 Å². The summed E-state index contributed by atoms with van der Waals surface area (Å²) in [5.74, 6) is -0.596. The minimum atomic E-state index is -4.56. The highest BCUT2D eigenvalue weighted by molar-refractivity contribution is 6.05. The van der Waals surface area contributed by atoms with Crippen LogP contribution in [0, 0.1) is 12.8 Å². The highest BCUT2D eigenvalue weighted by Gasteiger charge is 2.35. The van der Waals surface area contributed by atoms with Crippen molar-refractivity contribution in [3.8, 4) is 0 Å². The number of carbonyl (C=O) groups is 2. The summed E-state index contributed by atoms with van der Waals surface area (Å²) in [4.78, 5) is 34.2. The minimum absolute atomic E-state index is 0.0390. The van der Waals surface area contributed by atoms with Crippen molar-refractivity contribution in [2.24, 2.45) is 5.92 Å². The van der Waals surface area contributed by atoms with Crippen LogP contribution in [0.3, 0.4) is 0 Å². The largest absolute Gasteiger partial charge is 0.464 e. The van der Waals surface area contributed by atoms with Gasteiger partial charge in [0.1, 0.15) is 11.3 Å². The van der Waals surface area contributed by atoms with Crippen LogP contribution in [0.4, 0.5) is 18.9 Å². The first-order valence-corrected chi connectivity index (χ1v) is 13.9. The first kappa shape index (κ1) is 29.3. The quantitative estimate of drug-likeness (QED) is 0.232. The highest BCUT2D eigenvalue weighted by Crippen LogP contribution is 2.34. The zero-order chi connectivity index (χ0) is 30.0. The number of benzene rings is 2. The normalized spacial score (nSPS) is 15.7. The number of carbonyl (C=O) groups excluding carboxylic acids is 2. The smallest absolute Gasteiger partial charge is 0.416 e. The van der Waals surface area contributed by atoms with E-state index >= 15 is 0 Å². The molecule has 1 atom stereocenters. The van der Waals surface area contributed by atoms with Crippen LogP contribution in [-0.4, -0.2) is 46.9 Å². The summed E-state index contributed by atoms with van der Waals surface area (Å²) in [6.07, 6.45) is -0.553. The molecule has 10 heteroatoms. The lowest BCUT2D eigenvalue weighted by atomic mass is 10.0. The number of alkyl halides is 3. The van der Waals surface area contributed by atoms with Crippen molar-refractivity contribution in [1.82, 2.24) is 14.9 Å². The summed E-state index contributed by atoms with van der Waals surface area (Å²) >= 11 is 0. The number of hydrogen-bond donors (Lipinski definition) is 2. The van der Waals surface area contributed by atoms with Gasteiger partial charge in [0.2, 0.25) is 0 Å². The first-order valence-electron chi connectivity index (χ1n) is 13.9. The first-order chi connectivity index (χ1) is 20.0. The second-order valence-corrected chi connectivity index (χ2v) is 11.1. The predicted octanol–water partition coefficient (Wildman–Crippen LogP) is 6.56. The number of nitrogens with zero attached hydrogens (tertiary/aromatic N) is 2. The summed E-state index contributed by atoms with van der Waals surface area (Å²) in [6.45, 7) is 5.68. The molecule has 0 spiro atoms. The number of esters is 1. The van der Waals surface area contributed by atoms with E-state index < -0.39 is 23.6 Å². The molecule has 42 heavy (non-hydrogen) atoms. The third-order valence-corrected chi connectivity index (χ3v) is 7.76. The highest BCUT2D eigenvalue weighted by atomic mass is 19.4. The second-order valence-electron chi connectivity index (χ2n) is 11.1. The van der Waals surface area contributed by atoms with Crippen LogP contribution in [0.1, 0.15) is 62.0 Å². The summed E-state index contributed by atoms with van der Waals surface area (Å²) in [7, 11) is 1.32. The van der Waals surface area contributed by atoms with Crippen molar-refractivity contribution in [1.29, 1.82) is 0 Å². The molecule has 1 aliphatic rings. The van der Waals surface area contributed by atoms with Gasteiger partial charge in [-0.25, -0.2) is 9.78 Å². The van der Waals surface area contributed by atoms with Crippen LogP contribution < -0.4 is 5.32 Å². The molecular weight excluding hydrogens is 545 g/mol. The molecule has 7 nitrogen and oxygen atoms in total. The van der Waals surface area contributed by atoms with Crippen LogP contribution in [0.15, 0.2) is 54.7 Å². The number of aryl methyl sites for hydroxylation is 3. The maximum atomic E-state index is 14.0. The molecule has 1 fully saturated rings. The number of methoxy groups -OCH3 is 1. The predicted molar refractivity (Wildman–Crippen MR) is 154 cm³/mol. The maximum absolute atomic E-state index is 14.0. The SMILES string of the molecule is COC(=O)c1cc2cc(CCc3ccc(C)c(NC(=O)c4ccc(CN5CCC(C)C5)c(C(F)(F)F)c4)c3)cnc2[nH]1. The molecule has 0 aliphatic carbocycles. The molecular formula is C32H33F3N4O3. The fraction of sp³-hybridized carbons (Fsp3) is 0.344. The zero-order valence-electron chi connectivity index (χ0n) is 23.8. The minimum Gasteiger partial charge on any atom is -0.464 e. The van der Waals surface area contributed by atoms with Gasteiger partial charge in [-0.3, -0.25) is 9.69 Å². The number of amides is 1. The van der Waals surface area contributed by atoms with Gasteiger partial charge in [-0.2, -0.15) is 13.2 Å². The summed E-state index contributed by atoms with van der Waals surface area (Å²) in [6, 6.07) is 13.2. The number of aromatic amines is 1. The number of H-pyrrole nitrogens is 1. The number of anilines is 1. The van der Waals surface area contributed by atoms with Gasteiger partial charge in [-0.1, -0.05) is 25.1 Å². The van der Waals surface area contributed by atoms with E-state index in [1.807, 2.05) is 36.1 Å². The molecule has 1 amide bonds. The number of fused-ring (bicyclic) bond motifs is 1. The Morgan fingerprint density at radius 3 is 2.60 bits per heavy atom. The Bertz CT molecular complexity index is 1630. The maximum Gasteiger partial charge on any atom is 0.416 e. The molecule has 1 unspecified atom stereocenters. The molecule has 1 saturated heterocycles. The van der Waals surface area contributed by atoms with Gasteiger partial charge < -0.3 is 15.0 Å². The van der Waals surface area contributed by atoms with Crippen molar-refractivity contribution in [2.75, 3.05) is 25.5 Å². The van der Waals surface area contributed by atoms with E-state index in [4.69, 9.17) is 4.74 Å². The molecule has 5 rings (SSSR count). The molecule has 0 saturated carbocycles. The van der Waals surface area contributed by atoms with Crippen molar-refractivity contribution in [2.45, 2.75) is 45.8 Å². The van der Waals surface area contributed by atoms with Gasteiger partial charge >= 0.3 is 12.1 Å². The lowest BCUT2D eigenvalue weighted by Gasteiger charge is -2.20. The number of ether oxygens (including phenoxy) is 1. The molecule has 3 heterocycles. The van der Waals surface area contributed by atoms with Crippen LogP contribution in [-0.2, 0) is 30.3 Å². The van der Waals surface area contributed by atoms with Crippen LogP contribution in [0.2, 0.25) is 0 Å². The fourth-order valence-electron chi connectivity index (χ4n) is 5.39. The second kappa shape index (κ2) is 12.0. The average molecular weight is 579 g/mol. The number of nitrogens with one attached hydrogen (secondary N) is 2. The zero-order valence-corrected chi connectivity index (χ0v) is 23.8. The third kappa shape index (κ3) is 6.65. The van der Waals surface area contributed by atoms with Gasteiger partial charge in [0.25, 0.3) is 5.91 Å². The van der Waals surface area contributed by atoms with Gasteiger partial charge in [0, 0.05) is 35.9 Å². The third-order valence-electron chi connectivity index (χ3n) is 7.76. The van der Waals surface area contributed by atoms with E-state index in [9.17, 15) is 22.8 Å². The monoisotopic (exact) mass is 578 g/mol. The number of halogens is 3. The molecule has 4 aromatic rings. The molecule has 220 valence electrons. The van der Waals surface area contributed by atoms with E-state index in [1.165, 1.54) is 19.2 Å². The Labute approximate surface area is 242 Å². The van der Waals surface area contributed by atoms with Crippen molar-refractivity contribution >= 4 is 28.6 Å². The summed E-state index contributed by atoms with van der Waals surface area (Å²) < 4.78 is 46.7. The number of hydrogen-bond acceptors (Lipinski definition) is 5. The molecule has 0 radical (unpaired) electrons. The lowest BCUT2D eigenvalue weighted by Crippen LogP contribution is -2.23. The number of pyridine rings is 1. The topological polar surface area (TPSA) is 87.3 Å². The van der Waals surface area contributed by atoms with E-state index in [-0.39, 0.29) is 17.7 Å².